The smallest absolute Gasteiger partial charge is 0.213 e. The Morgan fingerprint density at radius 2 is 2.08 bits per heavy atom. The van der Waals surface area contributed by atoms with Crippen LogP contribution in [0.5, 0.6) is 11.6 Å². The maximum Gasteiger partial charge on any atom is 0.213 e. The number of hydrogen-bond donors (Lipinski definition) is 2. The summed E-state index contributed by atoms with van der Waals surface area (Å²) in [5.41, 5.74) is 2.25. The fourth-order valence-electron chi connectivity index (χ4n) is 2.28. The lowest BCUT2D eigenvalue weighted by molar-refractivity contribution is 0.223. The van der Waals surface area contributed by atoms with Gasteiger partial charge in [-0.25, -0.2) is 4.98 Å². The summed E-state index contributed by atoms with van der Waals surface area (Å²) < 4.78 is 11.0. The summed E-state index contributed by atoms with van der Waals surface area (Å²) in [5, 5.41) is 6.54. The lowest BCUT2D eigenvalue weighted by Gasteiger charge is -2.18. The first kappa shape index (κ1) is 18.6. The third-order valence-corrected chi connectivity index (χ3v) is 3.58. The minimum atomic E-state index is 0.0152. The standard InChI is InChI=1S/C19H26N4O2/c1-14-6-5-7-17(10-14)25-15(2)12-22-19(20-3)23-13-16-8-9-21-18(11-16)24-4/h5-11,15H,12-13H2,1-4H3,(H2,20,22,23). The molecule has 1 aromatic carbocycles. The summed E-state index contributed by atoms with van der Waals surface area (Å²) in [6.45, 7) is 5.35. The van der Waals surface area contributed by atoms with E-state index >= 15 is 0 Å². The van der Waals surface area contributed by atoms with Crippen molar-refractivity contribution < 1.29 is 9.47 Å². The van der Waals surface area contributed by atoms with E-state index < -0.39 is 0 Å². The molecule has 1 aromatic heterocycles. The molecule has 6 heteroatoms. The number of nitrogens with zero attached hydrogens (tertiary/aromatic N) is 2. The van der Waals surface area contributed by atoms with Gasteiger partial charge >= 0.3 is 0 Å². The van der Waals surface area contributed by atoms with Crippen LogP contribution < -0.4 is 20.1 Å². The number of methoxy groups -OCH3 is 1. The van der Waals surface area contributed by atoms with Crippen LogP contribution in [0.3, 0.4) is 0 Å². The van der Waals surface area contributed by atoms with Gasteiger partial charge < -0.3 is 20.1 Å². The molecule has 2 rings (SSSR count). The molecule has 0 radical (unpaired) electrons. The molecule has 0 saturated heterocycles. The van der Waals surface area contributed by atoms with E-state index in [0.29, 0.717) is 19.0 Å². The van der Waals surface area contributed by atoms with Gasteiger partial charge in [-0.3, -0.25) is 4.99 Å². The van der Waals surface area contributed by atoms with E-state index in [9.17, 15) is 0 Å². The van der Waals surface area contributed by atoms with Crippen molar-refractivity contribution in [3.8, 4) is 11.6 Å². The second-order valence-electron chi connectivity index (χ2n) is 5.76. The van der Waals surface area contributed by atoms with Gasteiger partial charge in [0.15, 0.2) is 5.96 Å². The van der Waals surface area contributed by atoms with Crippen molar-refractivity contribution in [1.82, 2.24) is 15.6 Å². The number of nitrogens with one attached hydrogen (secondary N) is 2. The minimum absolute atomic E-state index is 0.0152. The summed E-state index contributed by atoms with van der Waals surface area (Å²) >= 11 is 0. The molecule has 0 amide bonds. The maximum atomic E-state index is 5.91. The maximum absolute atomic E-state index is 5.91. The Hall–Kier alpha value is -2.76. The van der Waals surface area contributed by atoms with Gasteiger partial charge in [0.2, 0.25) is 5.88 Å². The highest BCUT2D eigenvalue weighted by molar-refractivity contribution is 5.79. The third-order valence-electron chi connectivity index (χ3n) is 3.58. The molecule has 0 aliphatic rings. The highest BCUT2D eigenvalue weighted by atomic mass is 16.5. The number of hydrogen-bond acceptors (Lipinski definition) is 4. The van der Waals surface area contributed by atoms with Crippen LogP contribution in [-0.2, 0) is 6.54 Å². The highest BCUT2D eigenvalue weighted by Gasteiger charge is 2.06. The second-order valence-corrected chi connectivity index (χ2v) is 5.76. The lowest BCUT2D eigenvalue weighted by atomic mass is 10.2. The van der Waals surface area contributed by atoms with Crippen LogP contribution in [0.4, 0.5) is 0 Å². The Balaban J connectivity index is 1.79. The topological polar surface area (TPSA) is 67.8 Å². The van der Waals surface area contributed by atoms with Crippen LogP contribution in [0, 0.1) is 6.92 Å². The van der Waals surface area contributed by atoms with Crippen molar-refractivity contribution in [2.75, 3.05) is 20.7 Å². The van der Waals surface area contributed by atoms with E-state index in [1.54, 1.807) is 20.4 Å². The zero-order chi connectivity index (χ0) is 18.1. The molecule has 0 aliphatic carbocycles. The van der Waals surface area contributed by atoms with Gasteiger partial charge in [-0.05, 0) is 43.2 Å². The number of aliphatic imine (C=N–C) groups is 1. The third kappa shape index (κ3) is 6.33. The average molecular weight is 342 g/mol. The van der Waals surface area contributed by atoms with Crippen molar-refractivity contribution in [2.45, 2.75) is 26.5 Å². The first-order valence-corrected chi connectivity index (χ1v) is 8.27. The molecule has 0 saturated carbocycles. The number of guanidine groups is 1. The second kappa shape index (κ2) is 9.52. The predicted molar refractivity (Wildman–Crippen MR) is 100 cm³/mol. The lowest BCUT2D eigenvalue weighted by Crippen LogP contribution is -2.41. The van der Waals surface area contributed by atoms with Crippen molar-refractivity contribution in [3.63, 3.8) is 0 Å². The van der Waals surface area contributed by atoms with Gasteiger partial charge in [0.05, 0.1) is 13.7 Å². The molecular formula is C19H26N4O2. The Labute approximate surface area is 149 Å². The molecule has 0 fully saturated rings. The molecule has 6 nitrogen and oxygen atoms in total. The van der Waals surface area contributed by atoms with E-state index in [0.717, 1.165) is 17.3 Å². The molecule has 1 unspecified atom stereocenters. The summed E-state index contributed by atoms with van der Waals surface area (Å²) in [5.74, 6) is 2.19. The van der Waals surface area contributed by atoms with Gasteiger partial charge in [-0.15, -0.1) is 0 Å². The molecule has 0 aliphatic heterocycles. The van der Waals surface area contributed by atoms with Crippen LogP contribution in [-0.4, -0.2) is 37.7 Å². The quantitative estimate of drug-likeness (QED) is 0.598. The van der Waals surface area contributed by atoms with Gasteiger partial charge in [-0.1, -0.05) is 12.1 Å². The Morgan fingerprint density at radius 3 is 2.80 bits per heavy atom. The number of benzene rings is 1. The number of aromatic nitrogens is 1. The fraction of sp³-hybridized carbons (Fsp3) is 0.368. The normalized spacial score (nSPS) is 12.4. The van der Waals surface area contributed by atoms with Gasteiger partial charge in [0, 0.05) is 25.9 Å². The average Bonchev–Trinajstić information content (AvgIpc) is 2.62. The summed E-state index contributed by atoms with van der Waals surface area (Å²) in [4.78, 5) is 8.33. The first-order chi connectivity index (χ1) is 12.1. The van der Waals surface area contributed by atoms with Crippen LogP contribution in [0.15, 0.2) is 47.6 Å². The predicted octanol–water partition coefficient (Wildman–Crippen LogP) is 2.53. The molecule has 1 heterocycles. The fourth-order valence-corrected chi connectivity index (χ4v) is 2.28. The molecule has 0 bridgehead atoms. The van der Waals surface area contributed by atoms with Crippen molar-refractivity contribution in [1.29, 1.82) is 0 Å². The molecule has 25 heavy (non-hydrogen) atoms. The van der Waals surface area contributed by atoms with Crippen molar-refractivity contribution in [3.05, 3.63) is 53.7 Å². The number of pyridine rings is 1. The van der Waals surface area contributed by atoms with Crippen LogP contribution >= 0.6 is 0 Å². The van der Waals surface area contributed by atoms with Gasteiger partial charge in [-0.2, -0.15) is 0 Å². The Bertz CT molecular complexity index is 703. The van der Waals surface area contributed by atoms with E-state index in [1.807, 2.05) is 37.3 Å². The van der Waals surface area contributed by atoms with Crippen LogP contribution in [0.1, 0.15) is 18.1 Å². The van der Waals surface area contributed by atoms with E-state index in [1.165, 1.54) is 5.56 Å². The molecule has 2 N–H and O–H groups in total. The summed E-state index contributed by atoms with van der Waals surface area (Å²) in [6, 6.07) is 11.9. The molecule has 134 valence electrons. The first-order valence-electron chi connectivity index (χ1n) is 8.27. The SMILES string of the molecule is CN=C(NCc1ccnc(OC)c1)NCC(C)Oc1cccc(C)c1. The Kier molecular flexibility index (Phi) is 7.07. The zero-order valence-corrected chi connectivity index (χ0v) is 15.2. The molecule has 0 spiro atoms. The number of ether oxygens (including phenoxy) is 2. The highest BCUT2D eigenvalue weighted by Crippen LogP contribution is 2.13. The van der Waals surface area contributed by atoms with E-state index in [-0.39, 0.29) is 6.10 Å². The van der Waals surface area contributed by atoms with Crippen molar-refractivity contribution >= 4 is 5.96 Å². The molecular weight excluding hydrogens is 316 g/mol. The largest absolute Gasteiger partial charge is 0.489 e. The number of rotatable bonds is 7. The van der Waals surface area contributed by atoms with Gasteiger partial charge in [0.1, 0.15) is 11.9 Å². The number of aryl methyl sites for hydroxylation is 1. The monoisotopic (exact) mass is 342 g/mol. The van der Waals surface area contributed by atoms with E-state index in [4.69, 9.17) is 9.47 Å². The summed E-state index contributed by atoms with van der Waals surface area (Å²) in [6.07, 6.45) is 1.74. The Morgan fingerprint density at radius 1 is 1.24 bits per heavy atom. The minimum Gasteiger partial charge on any atom is -0.489 e. The molecule has 1 atom stereocenters. The van der Waals surface area contributed by atoms with E-state index in [2.05, 4.69) is 33.6 Å². The van der Waals surface area contributed by atoms with Crippen molar-refractivity contribution in [2.24, 2.45) is 4.99 Å². The van der Waals surface area contributed by atoms with Crippen LogP contribution in [0.2, 0.25) is 0 Å². The van der Waals surface area contributed by atoms with Crippen LogP contribution in [0.25, 0.3) is 0 Å². The van der Waals surface area contributed by atoms with Gasteiger partial charge in [0.25, 0.3) is 0 Å². The summed E-state index contributed by atoms with van der Waals surface area (Å²) in [7, 11) is 3.35. The molecule has 2 aromatic rings. The zero-order valence-electron chi connectivity index (χ0n) is 15.2.